The maximum atomic E-state index is 13.1. The number of carbonyl (C=O) groups is 1. The molecule has 1 amide bonds. The summed E-state index contributed by atoms with van der Waals surface area (Å²) in [6.07, 6.45) is 11.7. The van der Waals surface area contributed by atoms with E-state index in [2.05, 4.69) is 42.2 Å². The van der Waals surface area contributed by atoms with Crippen molar-refractivity contribution in [3.05, 3.63) is 71.0 Å². The number of rotatable bonds is 4. The van der Waals surface area contributed by atoms with Gasteiger partial charge < -0.3 is 9.64 Å². The Labute approximate surface area is 205 Å². The van der Waals surface area contributed by atoms with Crippen LogP contribution in [0.4, 0.5) is 5.69 Å². The molecule has 0 atom stereocenters. The third-order valence-corrected chi connectivity index (χ3v) is 8.13. The molecular formula is C27H28N2O2S2. The van der Waals surface area contributed by atoms with E-state index < -0.39 is 0 Å². The van der Waals surface area contributed by atoms with E-state index >= 15 is 0 Å². The van der Waals surface area contributed by atoms with Gasteiger partial charge in [-0.15, -0.1) is 0 Å². The lowest BCUT2D eigenvalue weighted by atomic mass is 9.94. The molecule has 0 unspecified atom stereocenters. The lowest BCUT2D eigenvalue weighted by Gasteiger charge is -2.29. The molecule has 4 nitrogen and oxygen atoms in total. The van der Waals surface area contributed by atoms with Gasteiger partial charge in [0.15, 0.2) is 5.75 Å². The van der Waals surface area contributed by atoms with Gasteiger partial charge in [-0.2, -0.15) is 0 Å². The predicted molar refractivity (Wildman–Crippen MR) is 141 cm³/mol. The highest BCUT2D eigenvalue weighted by Gasteiger charge is 2.38. The van der Waals surface area contributed by atoms with E-state index in [9.17, 15) is 4.79 Å². The highest BCUT2D eigenvalue weighted by molar-refractivity contribution is 8.26. The number of ether oxygens (including phenoxy) is 1. The summed E-state index contributed by atoms with van der Waals surface area (Å²) in [6.45, 7) is 4.91. The van der Waals surface area contributed by atoms with Crippen molar-refractivity contribution in [2.45, 2.75) is 52.0 Å². The Bertz CT molecular complexity index is 1210. The second-order valence-electron chi connectivity index (χ2n) is 8.69. The first kappa shape index (κ1) is 22.2. The average molecular weight is 477 g/mol. The number of hydrogen-bond acceptors (Lipinski definition) is 5. The molecule has 3 aliphatic rings. The van der Waals surface area contributed by atoms with Gasteiger partial charge in [-0.3, -0.25) is 9.69 Å². The van der Waals surface area contributed by atoms with Gasteiger partial charge in [-0.1, -0.05) is 85.7 Å². The summed E-state index contributed by atoms with van der Waals surface area (Å²) in [5.74, 6) is 1.74. The Balaban J connectivity index is 1.37. The van der Waals surface area contributed by atoms with E-state index in [-0.39, 0.29) is 11.9 Å². The molecule has 170 valence electrons. The molecule has 2 aromatic rings. The van der Waals surface area contributed by atoms with E-state index in [0.717, 1.165) is 47.2 Å². The molecule has 2 fully saturated rings. The summed E-state index contributed by atoms with van der Waals surface area (Å²) in [7, 11) is 0. The van der Waals surface area contributed by atoms with Crippen LogP contribution in [0.2, 0.25) is 0 Å². The zero-order chi connectivity index (χ0) is 22.9. The Morgan fingerprint density at radius 1 is 1.18 bits per heavy atom. The third-order valence-electron chi connectivity index (χ3n) is 6.61. The standard InChI is InChI=1S/C27H28N2O2S2/c1-3-28-23(31-22-17-16-19-11-7-8-14-21(19)24(22)28)15-9-10-18(2)25-26(30)29(27(32)33-25)20-12-5-4-6-13-20/h7-11,14-17,20H,3-6,12-13H2,1-2H3/b10-9+,23-15+,25-18-. The lowest BCUT2D eigenvalue weighted by Crippen LogP contribution is -2.39. The van der Waals surface area contributed by atoms with E-state index in [4.69, 9.17) is 17.0 Å². The van der Waals surface area contributed by atoms with Crippen LogP contribution in [0.5, 0.6) is 5.75 Å². The largest absolute Gasteiger partial charge is 0.439 e. The Morgan fingerprint density at radius 2 is 1.97 bits per heavy atom. The maximum absolute atomic E-state index is 13.1. The van der Waals surface area contributed by atoms with Gasteiger partial charge in [0.1, 0.15) is 4.32 Å². The monoisotopic (exact) mass is 476 g/mol. The minimum Gasteiger partial charge on any atom is -0.439 e. The third kappa shape index (κ3) is 4.11. The number of nitrogens with zero attached hydrogens (tertiary/aromatic N) is 2. The van der Waals surface area contributed by atoms with Crippen molar-refractivity contribution in [3.63, 3.8) is 0 Å². The van der Waals surface area contributed by atoms with Crippen LogP contribution in [0.1, 0.15) is 46.0 Å². The van der Waals surface area contributed by atoms with Crippen molar-refractivity contribution in [1.82, 2.24) is 4.90 Å². The van der Waals surface area contributed by atoms with Gasteiger partial charge >= 0.3 is 0 Å². The average Bonchev–Trinajstić information content (AvgIpc) is 3.35. The molecule has 0 aromatic heterocycles. The normalized spacial score (nSPS) is 22.1. The Kier molecular flexibility index (Phi) is 6.30. The molecule has 1 saturated carbocycles. The minimum absolute atomic E-state index is 0.0675. The van der Waals surface area contributed by atoms with Crippen molar-refractivity contribution in [3.8, 4) is 5.75 Å². The number of fused-ring (bicyclic) bond motifs is 3. The van der Waals surface area contributed by atoms with Crippen LogP contribution in [0, 0.1) is 0 Å². The molecular weight excluding hydrogens is 448 g/mol. The van der Waals surface area contributed by atoms with E-state index in [1.54, 1.807) is 0 Å². The maximum Gasteiger partial charge on any atom is 0.266 e. The SMILES string of the molecule is CCN1\C(=C/C=C/C(C)=C2\SC(=S)N(C3CCCCC3)C2=O)Oc2ccc3ccccc3c21. The van der Waals surface area contributed by atoms with Gasteiger partial charge in [-0.05, 0) is 49.8 Å². The van der Waals surface area contributed by atoms with E-state index in [0.29, 0.717) is 4.32 Å². The lowest BCUT2D eigenvalue weighted by molar-refractivity contribution is -0.124. The van der Waals surface area contributed by atoms with Gasteiger partial charge in [0, 0.05) is 18.0 Å². The Hall–Kier alpha value is -2.57. The predicted octanol–water partition coefficient (Wildman–Crippen LogP) is 6.92. The topological polar surface area (TPSA) is 32.8 Å². The molecule has 0 radical (unpaired) electrons. The Morgan fingerprint density at radius 3 is 2.76 bits per heavy atom. The number of benzene rings is 2. The first-order chi connectivity index (χ1) is 16.1. The first-order valence-corrected chi connectivity index (χ1v) is 12.9. The fraction of sp³-hybridized carbons (Fsp3) is 0.333. The number of thioether (sulfide) groups is 1. The molecule has 2 aliphatic heterocycles. The van der Waals surface area contributed by atoms with Crippen LogP contribution in [-0.4, -0.2) is 27.7 Å². The number of allylic oxidation sites excluding steroid dienone is 4. The summed E-state index contributed by atoms with van der Waals surface area (Å²) in [6, 6.07) is 12.8. The molecule has 6 heteroatoms. The molecule has 0 spiro atoms. The fourth-order valence-corrected chi connectivity index (χ4v) is 6.34. The molecule has 33 heavy (non-hydrogen) atoms. The smallest absolute Gasteiger partial charge is 0.266 e. The van der Waals surface area contributed by atoms with Crippen LogP contribution in [0.15, 0.2) is 71.0 Å². The van der Waals surface area contributed by atoms with E-state index in [1.165, 1.54) is 41.8 Å². The number of anilines is 1. The number of thiocarbonyl (C=S) groups is 1. The van der Waals surface area contributed by atoms with Crippen LogP contribution >= 0.6 is 24.0 Å². The van der Waals surface area contributed by atoms with Crippen LogP contribution in [0.25, 0.3) is 10.8 Å². The van der Waals surface area contributed by atoms with Crippen LogP contribution in [0.3, 0.4) is 0 Å². The van der Waals surface area contributed by atoms with Crippen molar-refractivity contribution in [2.75, 3.05) is 11.4 Å². The highest BCUT2D eigenvalue weighted by atomic mass is 32.2. The van der Waals surface area contributed by atoms with Crippen LogP contribution in [-0.2, 0) is 4.79 Å². The summed E-state index contributed by atoms with van der Waals surface area (Å²) >= 11 is 7.01. The quantitative estimate of drug-likeness (QED) is 0.353. The highest BCUT2D eigenvalue weighted by Crippen LogP contribution is 2.44. The number of carbonyl (C=O) groups excluding carboxylic acids is 1. The zero-order valence-electron chi connectivity index (χ0n) is 19.0. The van der Waals surface area contributed by atoms with Gasteiger partial charge in [-0.25, -0.2) is 0 Å². The van der Waals surface area contributed by atoms with Crippen molar-refractivity contribution >= 4 is 50.7 Å². The minimum atomic E-state index is 0.0675. The molecule has 0 N–H and O–H groups in total. The summed E-state index contributed by atoms with van der Waals surface area (Å²) in [4.78, 5) is 17.9. The van der Waals surface area contributed by atoms with Gasteiger partial charge in [0.2, 0.25) is 5.88 Å². The number of amides is 1. The van der Waals surface area contributed by atoms with Crippen molar-refractivity contribution < 1.29 is 9.53 Å². The number of hydrogen-bond donors (Lipinski definition) is 0. The molecule has 1 saturated heterocycles. The molecule has 5 rings (SSSR count). The summed E-state index contributed by atoms with van der Waals surface area (Å²) in [5.41, 5.74) is 2.05. The molecule has 2 heterocycles. The van der Waals surface area contributed by atoms with Crippen molar-refractivity contribution in [1.29, 1.82) is 0 Å². The van der Waals surface area contributed by atoms with E-state index in [1.807, 2.05) is 36.1 Å². The summed E-state index contributed by atoms with van der Waals surface area (Å²) < 4.78 is 6.88. The second-order valence-corrected chi connectivity index (χ2v) is 10.3. The second kappa shape index (κ2) is 9.35. The fourth-order valence-electron chi connectivity index (χ4n) is 4.94. The zero-order valence-corrected chi connectivity index (χ0v) is 20.7. The van der Waals surface area contributed by atoms with Crippen molar-refractivity contribution in [2.24, 2.45) is 0 Å². The van der Waals surface area contributed by atoms with Gasteiger partial charge in [0.25, 0.3) is 5.91 Å². The van der Waals surface area contributed by atoms with Gasteiger partial charge in [0.05, 0.1) is 10.6 Å². The summed E-state index contributed by atoms with van der Waals surface area (Å²) in [5, 5.41) is 2.39. The van der Waals surface area contributed by atoms with Crippen LogP contribution < -0.4 is 9.64 Å². The first-order valence-electron chi connectivity index (χ1n) is 11.7. The molecule has 1 aliphatic carbocycles. The molecule has 2 aromatic carbocycles. The molecule has 0 bridgehead atoms.